The maximum absolute atomic E-state index is 9.86. The Bertz CT molecular complexity index is 403. The molecule has 1 aliphatic rings. The van der Waals surface area contributed by atoms with E-state index in [9.17, 15) is 5.11 Å². The van der Waals surface area contributed by atoms with E-state index in [2.05, 4.69) is 15.0 Å². The number of rotatable bonds is 2. The molecular formula is C10H15ClN4O2. The smallest absolute Gasteiger partial charge is 0.322 e. The number of methoxy groups -OCH3 is 1. The summed E-state index contributed by atoms with van der Waals surface area (Å²) in [6.45, 7) is 3.22. The van der Waals surface area contributed by atoms with Gasteiger partial charge < -0.3 is 14.7 Å². The van der Waals surface area contributed by atoms with Crippen LogP contribution in [0.4, 0.5) is 5.95 Å². The Morgan fingerprint density at radius 2 is 1.94 bits per heavy atom. The van der Waals surface area contributed by atoms with Gasteiger partial charge >= 0.3 is 6.01 Å². The fraction of sp³-hybridized carbons (Fsp3) is 0.700. The highest BCUT2D eigenvalue weighted by molar-refractivity contribution is 6.28. The topological polar surface area (TPSA) is 71.4 Å². The van der Waals surface area contributed by atoms with Crippen LogP contribution in [0.15, 0.2) is 0 Å². The molecule has 1 aromatic rings. The highest BCUT2D eigenvalue weighted by atomic mass is 35.5. The van der Waals surface area contributed by atoms with Gasteiger partial charge in [0.15, 0.2) is 0 Å². The van der Waals surface area contributed by atoms with E-state index in [0.717, 1.165) is 0 Å². The number of aliphatic hydroxyl groups is 1. The summed E-state index contributed by atoms with van der Waals surface area (Å²) in [5.41, 5.74) is -0.600. The molecule has 0 saturated carbocycles. The second-order valence-electron chi connectivity index (χ2n) is 4.38. The summed E-state index contributed by atoms with van der Waals surface area (Å²) in [4.78, 5) is 14.0. The fourth-order valence-corrected chi connectivity index (χ4v) is 1.89. The molecule has 0 atom stereocenters. The summed E-state index contributed by atoms with van der Waals surface area (Å²) >= 11 is 5.79. The van der Waals surface area contributed by atoms with Crippen molar-refractivity contribution >= 4 is 17.5 Å². The standard InChI is InChI=1S/C10H15ClN4O2/c1-10(16)3-5-15(6-4-10)8-12-7(11)13-9(14-8)17-2/h16H,3-6H2,1-2H3. The van der Waals surface area contributed by atoms with Crippen LogP contribution in [-0.4, -0.2) is 45.9 Å². The maximum atomic E-state index is 9.86. The molecular weight excluding hydrogens is 244 g/mol. The number of aromatic nitrogens is 3. The zero-order valence-electron chi connectivity index (χ0n) is 9.85. The second kappa shape index (κ2) is 4.62. The summed E-state index contributed by atoms with van der Waals surface area (Å²) in [7, 11) is 1.48. The molecule has 0 unspecified atom stereocenters. The zero-order valence-corrected chi connectivity index (χ0v) is 10.6. The van der Waals surface area contributed by atoms with Crippen molar-refractivity contribution in [3.8, 4) is 6.01 Å². The predicted molar refractivity (Wildman–Crippen MR) is 63.5 cm³/mol. The van der Waals surface area contributed by atoms with Crippen LogP contribution < -0.4 is 9.64 Å². The molecule has 1 aromatic heterocycles. The quantitative estimate of drug-likeness (QED) is 0.849. The van der Waals surface area contributed by atoms with Gasteiger partial charge in [0.05, 0.1) is 12.7 Å². The Hall–Kier alpha value is -1.14. The monoisotopic (exact) mass is 258 g/mol. The predicted octanol–water partition coefficient (Wildman–Crippen LogP) is 0.885. The number of anilines is 1. The first kappa shape index (κ1) is 12.3. The van der Waals surface area contributed by atoms with Crippen LogP contribution in [-0.2, 0) is 0 Å². The molecule has 0 bridgehead atoms. The molecule has 0 aromatic carbocycles. The first-order valence-corrected chi connectivity index (χ1v) is 5.81. The molecule has 2 heterocycles. The third kappa shape index (κ3) is 2.95. The molecule has 7 heteroatoms. The lowest BCUT2D eigenvalue weighted by atomic mass is 9.94. The third-order valence-corrected chi connectivity index (χ3v) is 3.05. The van der Waals surface area contributed by atoms with Crippen LogP contribution >= 0.6 is 11.6 Å². The van der Waals surface area contributed by atoms with E-state index < -0.39 is 5.60 Å². The molecule has 0 aliphatic carbocycles. The van der Waals surface area contributed by atoms with Crippen LogP contribution in [0.1, 0.15) is 19.8 Å². The normalized spacial score (nSPS) is 19.2. The van der Waals surface area contributed by atoms with Crippen molar-refractivity contribution in [2.45, 2.75) is 25.4 Å². The van der Waals surface area contributed by atoms with Crippen LogP contribution in [0.25, 0.3) is 0 Å². The van der Waals surface area contributed by atoms with Gasteiger partial charge in [-0.05, 0) is 31.4 Å². The Morgan fingerprint density at radius 1 is 1.29 bits per heavy atom. The molecule has 1 saturated heterocycles. The summed E-state index contributed by atoms with van der Waals surface area (Å²) in [6, 6.07) is 0.206. The number of hydrogen-bond donors (Lipinski definition) is 1. The molecule has 2 rings (SSSR count). The van der Waals surface area contributed by atoms with Gasteiger partial charge in [0.25, 0.3) is 0 Å². The lowest BCUT2D eigenvalue weighted by Gasteiger charge is -2.35. The van der Waals surface area contributed by atoms with Crippen LogP contribution in [0.3, 0.4) is 0 Å². The van der Waals surface area contributed by atoms with Crippen molar-refractivity contribution in [2.75, 3.05) is 25.1 Å². The Kier molecular flexibility index (Phi) is 3.35. The van der Waals surface area contributed by atoms with Crippen molar-refractivity contribution in [1.29, 1.82) is 0 Å². The fourth-order valence-electron chi connectivity index (χ4n) is 1.74. The van der Waals surface area contributed by atoms with Gasteiger partial charge in [-0.3, -0.25) is 0 Å². The summed E-state index contributed by atoms with van der Waals surface area (Å²) in [5, 5.41) is 9.98. The first-order chi connectivity index (χ1) is 8.00. The minimum Gasteiger partial charge on any atom is -0.467 e. The van der Waals surface area contributed by atoms with Crippen molar-refractivity contribution < 1.29 is 9.84 Å². The Balaban J connectivity index is 2.15. The second-order valence-corrected chi connectivity index (χ2v) is 4.71. The Morgan fingerprint density at radius 3 is 2.53 bits per heavy atom. The van der Waals surface area contributed by atoms with E-state index in [1.807, 2.05) is 11.8 Å². The van der Waals surface area contributed by atoms with Crippen molar-refractivity contribution in [3.05, 3.63) is 5.28 Å². The largest absolute Gasteiger partial charge is 0.467 e. The lowest BCUT2D eigenvalue weighted by Crippen LogP contribution is -2.43. The van der Waals surface area contributed by atoms with E-state index in [-0.39, 0.29) is 11.3 Å². The van der Waals surface area contributed by atoms with E-state index in [1.54, 1.807) is 0 Å². The molecule has 1 fully saturated rings. The van der Waals surface area contributed by atoms with E-state index in [0.29, 0.717) is 31.9 Å². The SMILES string of the molecule is COc1nc(Cl)nc(N2CCC(C)(O)CC2)n1. The minimum absolute atomic E-state index is 0.115. The van der Waals surface area contributed by atoms with Crippen LogP contribution in [0.2, 0.25) is 5.28 Å². The first-order valence-electron chi connectivity index (χ1n) is 5.43. The molecule has 0 radical (unpaired) electrons. The van der Waals surface area contributed by atoms with Crippen molar-refractivity contribution in [3.63, 3.8) is 0 Å². The average Bonchev–Trinajstić information content (AvgIpc) is 2.28. The highest BCUT2D eigenvalue weighted by Crippen LogP contribution is 2.24. The van der Waals surface area contributed by atoms with E-state index in [1.165, 1.54) is 7.11 Å². The Labute approximate surface area is 105 Å². The molecule has 1 aliphatic heterocycles. The molecule has 1 N–H and O–H groups in total. The maximum Gasteiger partial charge on any atom is 0.322 e. The molecule has 6 nitrogen and oxygen atoms in total. The van der Waals surface area contributed by atoms with Crippen molar-refractivity contribution in [2.24, 2.45) is 0 Å². The molecule has 0 amide bonds. The van der Waals surface area contributed by atoms with Gasteiger partial charge in [-0.2, -0.15) is 15.0 Å². The molecule has 17 heavy (non-hydrogen) atoms. The third-order valence-electron chi connectivity index (χ3n) is 2.88. The van der Waals surface area contributed by atoms with E-state index >= 15 is 0 Å². The summed E-state index contributed by atoms with van der Waals surface area (Å²) in [5.74, 6) is 0.498. The summed E-state index contributed by atoms with van der Waals surface area (Å²) in [6.07, 6.45) is 1.36. The van der Waals surface area contributed by atoms with Gasteiger partial charge in [-0.15, -0.1) is 0 Å². The van der Waals surface area contributed by atoms with E-state index in [4.69, 9.17) is 16.3 Å². The van der Waals surface area contributed by atoms with Gasteiger partial charge in [0.2, 0.25) is 11.2 Å². The van der Waals surface area contributed by atoms with Gasteiger partial charge in [-0.25, -0.2) is 0 Å². The highest BCUT2D eigenvalue weighted by Gasteiger charge is 2.28. The van der Waals surface area contributed by atoms with Gasteiger partial charge in [0, 0.05) is 13.1 Å². The number of nitrogens with zero attached hydrogens (tertiary/aromatic N) is 4. The van der Waals surface area contributed by atoms with Crippen LogP contribution in [0.5, 0.6) is 6.01 Å². The van der Waals surface area contributed by atoms with Crippen LogP contribution in [0, 0.1) is 0 Å². The summed E-state index contributed by atoms with van der Waals surface area (Å²) < 4.78 is 4.94. The molecule has 94 valence electrons. The van der Waals surface area contributed by atoms with Gasteiger partial charge in [-0.1, -0.05) is 0 Å². The van der Waals surface area contributed by atoms with Gasteiger partial charge in [0.1, 0.15) is 0 Å². The molecule has 0 spiro atoms. The number of hydrogen-bond acceptors (Lipinski definition) is 6. The zero-order chi connectivity index (χ0) is 12.5. The average molecular weight is 259 g/mol. The number of halogens is 1. The number of piperidine rings is 1. The minimum atomic E-state index is -0.600. The number of ether oxygens (including phenoxy) is 1. The lowest BCUT2D eigenvalue weighted by molar-refractivity contribution is 0.0348. The van der Waals surface area contributed by atoms with Crippen molar-refractivity contribution in [1.82, 2.24) is 15.0 Å².